The monoisotopic (exact) mass is 537 g/mol. The molecule has 2 aromatic rings. The highest BCUT2D eigenvalue weighted by Gasteiger charge is 2.36. The van der Waals surface area contributed by atoms with E-state index in [2.05, 4.69) is 6.92 Å². The van der Waals surface area contributed by atoms with Gasteiger partial charge in [0.15, 0.2) is 0 Å². The first-order valence-corrected chi connectivity index (χ1v) is 11.9. The molecule has 0 radical (unpaired) electrons. The maximum absolute atomic E-state index is 14.1. The van der Waals surface area contributed by atoms with Crippen molar-refractivity contribution >= 4 is 11.8 Å². The Bertz CT molecular complexity index is 1000. The molecule has 3 nitrogen and oxygen atoms in total. The molecule has 0 heterocycles. The molecule has 2 amide bonds. The number of carbonyl (C=O) groups excluding carboxylic acids is 2. The molecule has 0 aliphatic rings. The van der Waals surface area contributed by atoms with Crippen LogP contribution in [0.1, 0.15) is 90.1 Å². The van der Waals surface area contributed by atoms with Crippen LogP contribution in [0, 0.1) is 11.6 Å². The largest absolute Gasteiger partial charge is 0.419 e. The Labute approximate surface area is 209 Å². The molecule has 0 bridgehead atoms. The predicted octanol–water partition coefficient (Wildman–Crippen LogP) is 8.43. The van der Waals surface area contributed by atoms with Crippen molar-refractivity contribution in [2.24, 2.45) is 0 Å². The predicted molar refractivity (Wildman–Crippen MR) is 121 cm³/mol. The SMILES string of the molecule is CCCCCCCCCCN(C(=O)c1ccc(C(F)(F)F)c(F)c1)C(=O)c1ccc(C(F)(F)F)c(F)c1. The van der Waals surface area contributed by atoms with Gasteiger partial charge in [0.1, 0.15) is 11.6 Å². The van der Waals surface area contributed by atoms with Gasteiger partial charge in [-0.15, -0.1) is 0 Å². The van der Waals surface area contributed by atoms with Crippen molar-refractivity contribution in [1.29, 1.82) is 0 Å². The van der Waals surface area contributed by atoms with E-state index in [1.165, 1.54) is 0 Å². The highest BCUT2D eigenvalue weighted by Crippen LogP contribution is 2.33. The highest BCUT2D eigenvalue weighted by atomic mass is 19.4. The van der Waals surface area contributed by atoms with Crippen LogP contribution < -0.4 is 0 Å². The summed E-state index contributed by atoms with van der Waals surface area (Å²) in [6, 6.07) is 2.81. The Morgan fingerprint density at radius 3 is 1.38 bits per heavy atom. The molecule has 0 N–H and O–H groups in total. The molecule has 0 aromatic heterocycles. The van der Waals surface area contributed by atoms with Crippen LogP contribution in [-0.4, -0.2) is 23.3 Å². The molecular weight excluding hydrogens is 510 g/mol. The Kier molecular flexibility index (Phi) is 10.6. The summed E-state index contributed by atoms with van der Waals surface area (Å²) in [5.74, 6) is -5.75. The van der Waals surface area contributed by atoms with Crippen LogP contribution in [0.5, 0.6) is 0 Å². The van der Waals surface area contributed by atoms with E-state index in [9.17, 15) is 44.7 Å². The number of amides is 2. The van der Waals surface area contributed by atoms with Crippen LogP contribution in [0.3, 0.4) is 0 Å². The number of rotatable bonds is 11. The third kappa shape index (κ3) is 8.53. The van der Waals surface area contributed by atoms with Crippen molar-refractivity contribution in [1.82, 2.24) is 4.90 Å². The summed E-state index contributed by atoms with van der Waals surface area (Å²) >= 11 is 0. The fourth-order valence-corrected chi connectivity index (χ4v) is 3.77. The van der Waals surface area contributed by atoms with E-state index in [0.29, 0.717) is 47.7 Å². The molecule has 0 aliphatic carbocycles. The molecule has 0 unspecified atom stereocenters. The smallest absolute Gasteiger partial charge is 0.274 e. The molecule has 11 heteroatoms. The topological polar surface area (TPSA) is 37.4 Å². The molecule has 0 atom stereocenters. The van der Waals surface area contributed by atoms with Crippen molar-refractivity contribution in [3.63, 3.8) is 0 Å². The van der Waals surface area contributed by atoms with Crippen LogP contribution in [-0.2, 0) is 12.4 Å². The highest BCUT2D eigenvalue weighted by molar-refractivity contribution is 6.10. The van der Waals surface area contributed by atoms with Gasteiger partial charge in [-0.25, -0.2) is 8.78 Å². The average molecular weight is 537 g/mol. The summed E-state index contributed by atoms with van der Waals surface area (Å²) in [5.41, 5.74) is -4.33. The van der Waals surface area contributed by atoms with Gasteiger partial charge in [-0.1, -0.05) is 51.9 Å². The second-order valence-electron chi connectivity index (χ2n) is 8.62. The number of nitrogens with zero attached hydrogens (tertiary/aromatic N) is 1. The fraction of sp³-hybridized carbons (Fsp3) is 0.462. The quantitative estimate of drug-likeness (QED) is 0.164. The van der Waals surface area contributed by atoms with E-state index < -0.39 is 58.1 Å². The van der Waals surface area contributed by atoms with Crippen molar-refractivity contribution in [3.05, 3.63) is 70.3 Å². The summed E-state index contributed by atoms with van der Waals surface area (Å²) < 4.78 is 105. The van der Waals surface area contributed by atoms with Gasteiger partial charge in [-0.05, 0) is 42.8 Å². The minimum absolute atomic E-state index is 0.238. The minimum Gasteiger partial charge on any atom is -0.274 e. The van der Waals surface area contributed by atoms with E-state index in [1.54, 1.807) is 0 Å². The van der Waals surface area contributed by atoms with E-state index >= 15 is 0 Å². The van der Waals surface area contributed by atoms with E-state index in [1.807, 2.05) is 0 Å². The number of benzene rings is 2. The van der Waals surface area contributed by atoms with E-state index in [0.717, 1.165) is 38.5 Å². The molecule has 2 rings (SSSR count). The van der Waals surface area contributed by atoms with Gasteiger partial charge >= 0.3 is 12.4 Å². The lowest BCUT2D eigenvalue weighted by molar-refractivity contribution is -0.140. The Morgan fingerprint density at radius 2 is 1.03 bits per heavy atom. The van der Waals surface area contributed by atoms with Gasteiger partial charge in [0, 0.05) is 17.7 Å². The lowest BCUT2D eigenvalue weighted by Crippen LogP contribution is -2.38. The summed E-state index contributed by atoms with van der Waals surface area (Å²) in [6.07, 6.45) is -3.18. The van der Waals surface area contributed by atoms with E-state index in [4.69, 9.17) is 0 Å². The van der Waals surface area contributed by atoms with Gasteiger partial charge in [-0.3, -0.25) is 14.5 Å². The van der Waals surface area contributed by atoms with Crippen LogP contribution in [0.2, 0.25) is 0 Å². The van der Waals surface area contributed by atoms with Gasteiger partial charge in [0.2, 0.25) is 0 Å². The van der Waals surface area contributed by atoms with Crippen LogP contribution in [0.15, 0.2) is 36.4 Å². The third-order valence-corrected chi connectivity index (χ3v) is 5.77. The van der Waals surface area contributed by atoms with Crippen LogP contribution in [0.4, 0.5) is 35.1 Å². The molecule has 2 aromatic carbocycles. The average Bonchev–Trinajstić information content (AvgIpc) is 2.80. The zero-order valence-electron chi connectivity index (χ0n) is 20.1. The zero-order chi connectivity index (χ0) is 27.8. The molecular formula is C26H27F8NO2. The number of hydrogen-bond donors (Lipinski definition) is 0. The van der Waals surface area contributed by atoms with Gasteiger partial charge in [0.25, 0.3) is 11.8 Å². The molecule has 0 saturated heterocycles. The van der Waals surface area contributed by atoms with E-state index in [-0.39, 0.29) is 13.0 Å². The van der Waals surface area contributed by atoms with Crippen molar-refractivity contribution in [2.75, 3.05) is 6.54 Å². The molecule has 37 heavy (non-hydrogen) atoms. The Morgan fingerprint density at radius 1 is 0.649 bits per heavy atom. The molecule has 0 spiro atoms. The number of imide groups is 1. The maximum atomic E-state index is 14.1. The third-order valence-electron chi connectivity index (χ3n) is 5.77. The zero-order valence-corrected chi connectivity index (χ0v) is 20.1. The first kappa shape index (κ1) is 30.2. The minimum atomic E-state index is -5.00. The lowest BCUT2D eigenvalue weighted by Gasteiger charge is -2.22. The number of halogens is 8. The van der Waals surface area contributed by atoms with Gasteiger partial charge in [0.05, 0.1) is 11.1 Å². The molecule has 0 fully saturated rings. The first-order valence-electron chi connectivity index (χ1n) is 11.9. The van der Waals surface area contributed by atoms with Crippen molar-refractivity contribution in [3.8, 4) is 0 Å². The fourth-order valence-electron chi connectivity index (χ4n) is 3.77. The number of hydrogen-bond acceptors (Lipinski definition) is 2. The number of alkyl halides is 6. The number of carbonyl (C=O) groups is 2. The normalized spacial score (nSPS) is 12.0. The summed E-state index contributed by atoms with van der Waals surface area (Å²) in [5, 5.41) is 0. The lowest BCUT2D eigenvalue weighted by atomic mass is 10.1. The second kappa shape index (κ2) is 13.0. The van der Waals surface area contributed by atoms with Crippen molar-refractivity contribution < 1.29 is 44.7 Å². The standard InChI is InChI=1S/C26H27F8NO2/c1-2-3-4-5-6-7-8-9-14-35(23(36)17-10-12-19(21(27)15-17)25(29,30)31)24(37)18-11-13-20(22(28)16-18)26(32,33)34/h10-13,15-16H,2-9,14H2,1H3. The molecule has 0 aliphatic heterocycles. The van der Waals surface area contributed by atoms with Crippen LogP contribution >= 0.6 is 0 Å². The first-order chi connectivity index (χ1) is 17.3. The maximum Gasteiger partial charge on any atom is 0.419 e. The summed E-state index contributed by atoms with van der Waals surface area (Å²) in [6.45, 7) is 1.84. The van der Waals surface area contributed by atoms with Crippen molar-refractivity contribution in [2.45, 2.75) is 70.6 Å². The van der Waals surface area contributed by atoms with Crippen LogP contribution in [0.25, 0.3) is 0 Å². The van der Waals surface area contributed by atoms with Gasteiger partial charge < -0.3 is 0 Å². The summed E-state index contributed by atoms with van der Waals surface area (Å²) in [4.78, 5) is 26.6. The molecule has 0 saturated carbocycles. The number of unbranched alkanes of at least 4 members (excludes halogenated alkanes) is 7. The molecule has 204 valence electrons. The second-order valence-corrected chi connectivity index (χ2v) is 8.62. The summed E-state index contributed by atoms with van der Waals surface area (Å²) in [7, 11) is 0. The Hall–Kier alpha value is -2.98. The Balaban J connectivity index is 2.26. The van der Waals surface area contributed by atoms with Gasteiger partial charge in [-0.2, -0.15) is 26.3 Å².